The first-order chi connectivity index (χ1) is 14.4. The number of imide groups is 1. The average molecular weight is 412 g/mol. The van der Waals surface area contributed by atoms with Gasteiger partial charge >= 0.3 is 5.97 Å². The molecule has 1 aliphatic carbocycles. The number of hydrogen-bond donors (Lipinski definition) is 1. The molecule has 7 heteroatoms. The average Bonchev–Trinajstić information content (AvgIpc) is 2.98. The fraction of sp³-hybridized carbons (Fsp3) is 0.478. The Balaban J connectivity index is 1.37. The summed E-state index contributed by atoms with van der Waals surface area (Å²) in [5.41, 5.74) is 2.37. The van der Waals surface area contributed by atoms with Gasteiger partial charge in [-0.1, -0.05) is 50.3 Å². The number of rotatable bonds is 8. The standard InChI is InChI=1S/C23H28N2O5/c1-15(2)17-9-7-16(8-10-17)11-12-24-20(26)14-30-21(27)13-25-22(28)18-5-3-4-6-19(18)23(25)29/h3-4,7-10,15,18-19H,5-6,11-14H2,1-2H3,(H,24,26)/t18-,19+. The minimum atomic E-state index is -0.761. The van der Waals surface area contributed by atoms with E-state index in [0.717, 1.165) is 10.5 Å². The lowest BCUT2D eigenvalue weighted by molar-refractivity contribution is -0.154. The Labute approximate surface area is 176 Å². The van der Waals surface area contributed by atoms with E-state index in [1.165, 1.54) is 5.56 Å². The molecule has 1 saturated heterocycles. The summed E-state index contributed by atoms with van der Waals surface area (Å²) in [6.45, 7) is 3.82. The van der Waals surface area contributed by atoms with Gasteiger partial charge < -0.3 is 10.1 Å². The van der Waals surface area contributed by atoms with E-state index in [0.29, 0.717) is 31.7 Å². The SMILES string of the molecule is CC(C)c1ccc(CCNC(=O)COC(=O)CN2C(=O)[C@H]3CC=CC[C@H]3C2=O)cc1. The number of carbonyl (C=O) groups is 4. The highest BCUT2D eigenvalue weighted by Crippen LogP contribution is 2.34. The van der Waals surface area contributed by atoms with Crippen LogP contribution >= 0.6 is 0 Å². The number of likely N-dealkylation sites (tertiary alicyclic amines) is 1. The summed E-state index contributed by atoms with van der Waals surface area (Å²) in [7, 11) is 0. The second-order valence-corrected chi connectivity index (χ2v) is 8.08. The molecule has 0 saturated carbocycles. The van der Waals surface area contributed by atoms with Gasteiger partial charge in [-0.3, -0.25) is 24.1 Å². The maximum atomic E-state index is 12.3. The predicted octanol–water partition coefficient (Wildman–Crippen LogP) is 1.96. The molecule has 3 rings (SSSR count). The summed E-state index contributed by atoms with van der Waals surface area (Å²) >= 11 is 0. The fourth-order valence-corrected chi connectivity index (χ4v) is 3.81. The number of allylic oxidation sites excluding steroid dienone is 2. The molecule has 1 aromatic carbocycles. The molecule has 1 N–H and O–H groups in total. The Morgan fingerprint density at radius 1 is 1.07 bits per heavy atom. The first kappa shape index (κ1) is 21.7. The highest BCUT2D eigenvalue weighted by atomic mass is 16.5. The first-order valence-electron chi connectivity index (χ1n) is 10.4. The minimum absolute atomic E-state index is 0.334. The molecule has 1 aromatic rings. The Hall–Kier alpha value is -2.96. The van der Waals surface area contributed by atoms with Crippen LogP contribution in [0.5, 0.6) is 0 Å². The molecule has 0 aromatic heterocycles. The quantitative estimate of drug-likeness (QED) is 0.400. The molecule has 160 valence electrons. The lowest BCUT2D eigenvalue weighted by Gasteiger charge is -2.14. The van der Waals surface area contributed by atoms with Crippen LogP contribution in [0.1, 0.15) is 43.7 Å². The molecule has 30 heavy (non-hydrogen) atoms. The Bertz CT molecular complexity index is 818. The van der Waals surface area contributed by atoms with E-state index >= 15 is 0 Å². The molecular formula is C23H28N2O5. The second kappa shape index (κ2) is 9.69. The van der Waals surface area contributed by atoms with E-state index in [1.54, 1.807) is 0 Å². The van der Waals surface area contributed by atoms with Crippen LogP contribution in [0.15, 0.2) is 36.4 Å². The van der Waals surface area contributed by atoms with E-state index in [4.69, 9.17) is 4.74 Å². The van der Waals surface area contributed by atoms with E-state index in [2.05, 4.69) is 31.3 Å². The summed E-state index contributed by atoms with van der Waals surface area (Å²) in [6.07, 6.45) is 5.48. The maximum Gasteiger partial charge on any atom is 0.326 e. The van der Waals surface area contributed by atoms with Gasteiger partial charge in [-0.2, -0.15) is 0 Å². The van der Waals surface area contributed by atoms with Crippen LogP contribution in [0.25, 0.3) is 0 Å². The lowest BCUT2D eigenvalue weighted by Crippen LogP contribution is -2.38. The lowest BCUT2D eigenvalue weighted by atomic mass is 9.85. The van der Waals surface area contributed by atoms with E-state index in [9.17, 15) is 19.2 Å². The van der Waals surface area contributed by atoms with Gasteiger partial charge in [0.25, 0.3) is 5.91 Å². The molecule has 1 heterocycles. The van der Waals surface area contributed by atoms with Crippen LogP contribution in [-0.2, 0) is 30.3 Å². The number of esters is 1. The van der Waals surface area contributed by atoms with Crippen molar-refractivity contribution in [2.75, 3.05) is 19.7 Å². The van der Waals surface area contributed by atoms with Crippen LogP contribution in [0, 0.1) is 11.8 Å². The van der Waals surface area contributed by atoms with E-state index < -0.39 is 25.0 Å². The highest BCUT2D eigenvalue weighted by Gasteiger charge is 2.47. The summed E-state index contributed by atoms with van der Waals surface area (Å²) in [4.78, 5) is 49.6. The Morgan fingerprint density at radius 2 is 1.67 bits per heavy atom. The fourth-order valence-electron chi connectivity index (χ4n) is 3.81. The van der Waals surface area contributed by atoms with Crippen LogP contribution in [0.3, 0.4) is 0 Å². The van der Waals surface area contributed by atoms with Gasteiger partial charge in [0.05, 0.1) is 11.8 Å². The van der Waals surface area contributed by atoms with Gasteiger partial charge in [-0.05, 0) is 36.3 Å². The van der Waals surface area contributed by atoms with Crippen molar-refractivity contribution in [3.63, 3.8) is 0 Å². The molecule has 1 fully saturated rings. The number of benzene rings is 1. The molecule has 0 radical (unpaired) electrons. The molecule has 2 atom stereocenters. The topological polar surface area (TPSA) is 92.8 Å². The third-order valence-corrected chi connectivity index (χ3v) is 5.63. The zero-order valence-corrected chi connectivity index (χ0v) is 17.4. The summed E-state index contributed by atoms with van der Waals surface area (Å²) in [5, 5.41) is 2.70. The number of nitrogens with one attached hydrogen (secondary N) is 1. The van der Waals surface area contributed by atoms with E-state index in [1.807, 2.05) is 24.3 Å². The van der Waals surface area contributed by atoms with Crippen LogP contribution in [0.2, 0.25) is 0 Å². The molecule has 0 spiro atoms. The van der Waals surface area contributed by atoms with Crippen molar-refractivity contribution in [2.45, 2.75) is 39.0 Å². The third-order valence-electron chi connectivity index (χ3n) is 5.63. The first-order valence-corrected chi connectivity index (χ1v) is 10.4. The minimum Gasteiger partial charge on any atom is -0.454 e. The van der Waals surface area contributed by atoms with Gasteiger partial charge in [0.2, 0.25) is 11.8 Å². The number of hydrogen-bond acceptors (Lipinski definition) is 5. The van der Waals surface area contributed by atoms with Gasteiger partial charge in [0.1, 0.15) is 6.54 Å². The second-order valence-electron chi connectivity index (χ2n) is 8.08. The molecular weight excluding hydrogens is 384 g/mol. The summed E-state index contributed by atoms with van der Waals surface area (Å²) in [6, 6.07) is 8.24. The highest BCUT2D eigenvalue weighted by molar-refractivity contribution is 6.07. The molecule has 0 bridgehead atoms. The smallest absolute Gasteiger partial charge is 0.326 e. The van der Waals surface area contributed by atoms with Crippen LogP contribution in [-0.4, -0.2) is 48.3 Å². The van der Waals surface area contributed by atoms with Crippen molar-refractivity contribution in [1.82, 2.24) is 10.2 Å². The van der Waals surface area contributed by atoms with Crippen molar-refractivity contribution in [2.24, 2.45) is 11.8 Å². The zero-order valence-electron chi connectivity index (χ0n) is 17.4. The Kier molecular flexibility index (Phi) is 7.03. The molecule has 0 unspecified atom stereocenters. The van der Waals surface area contributed by atoms with Gasteiger partial charge in [-0.15, -0.1) is 0 Å². The number of fused-ring (bicyclic) bond motifs is 1. The van der Waals surface area contributed by atoms with Gasteiger partial charge in [0, 0.05) is 6.54 Å². The molecule has 2 aliphatic rings. The maximum absolute atomic E-state index is 12.3. The number of carbonyl (C=O) groups excluding carboxylic acids is 4. The monoisotopic (exact) mass is 412 g/mol. The molecule has 3 amide bonds. The zero-order chi connectivity index (χ0) is 21.7. The summed E-state index contributed by atoms with van der Waals surface area (Å²) < 4.78 is 4.95. The Morgan fingerprint density at radius 3 is 2.23 bits per heavy atom. The largest absolute Gasteiger partial charge is 0.454 e. The number of nitrogens with zero attached hydrogens (tertiary/aromatic N) is 1. The van der Waals surface area contributed by atoms with Crippen molar-refractivity contribution >= 4 is 23.7 Å². The van der Waals surface area contributed by atoms with Crippen LogP contribution in [0.4, 0.5) is 0 Å². The summed E-state index contributed by atoms with van der Waals surface area (Å²) in [5.74, 6) is -2.14. The molecule has 1 aliphatic heterocycles. The van der Waals surface area contributed by atoms with Gasteiger partial charge in [0.15, 0.2) is 6.61 Å². The normalized spacial score (nSPS) is 20.4. The van der Waals surface area contributed by atoms with Crippen molar-refractivity contribution < 1.29 is 23.9 Å². The number of amides is 3. The van der Waals surface area contributed by atoms with Crippen molar-refractivity contribution in [3.05, 3.63) is 47.5 Å². The van der Waals surface area contributed by atoms with E-state index in [-0.39, 0.29) is 23.7 Å². The van der Waals surface area contributed by atoms with Crippen LogP contribution < -0.4 is 5.32 Å². The van der Waals surface area contributed by atoms with Gasteiger partial charge in [-0.25, -0.2) is 0 Å². The number of ether oxygens (including phenoxy) is 1. The third kappa shape index (κ3) is 5.14. The predicted molar refractivity (Wildman–Crippen MR) is 110 cm³/mol. The molecule has 7 nitrogen and oxygen atoms in total. The van der Waals surface area contributed by atoms with Crippen molar-refractivity contribution in [3.8, 4) is 0 Å². The van der Waals surface area contributed by atoms with Crippen molar-refractivity contribution in [1.29, 1.82) is 0 Å².